The maximum Gasteiger partial charge on any atom is 0.239 e. The Morgan fingerprint density at radius 1 is 1.09 bits per heavy atom. The first-order valence-electron chi connectivity index (χ1n) is 8.03. The van der Waals surface area contributed by atoms with Gasteiger partial charge in [0.25, 0.3) is 0 Å². The van der Waals surface area contributed by atoms with Gasteiger partial charge in [-0.1, -0.05) is 13.8 Å². The summed E-state index contributed by atoms with van der Waals surface area (Å²) in [5.41, 5.74) is 5.72. The molecule has 0 radical (unpaired) electrons. The second-order valence-electron chi connectivity index (χ2n) is 6.48. The molecular weight excluding hydrogens is 282 g/mol. The van der Waals surface area contributed by atoms with E-state index in [2.05, 4.69) is 34.4 Å². The number of likely N-dealkylation sites (N-methyl/N-ethyl adjacent to an activating group) is 1. The van der Waals surface area contributed by atoms with Gasteiger partial charge in [0, 0.05) is 38.8 Å². The zero-order valence-corrected chi connectivity index (χ0v) is 14.3. The van der Waals surface area contributed by atoms with Crippen molar-refractivity contribution in [3.63, 3.8) is 0 Å². The van der Waals surface area contributed by atoms with Gasteiger partial charge in [0.1, 0.15) is 0 Å². The van der Waals surface area contributed by atoms with Gasteiger partial charge in [0.05, 0.1) is 12.6 Å². The summed E-state index contributed by atoms with van der Waals surface area (Å²) in [6, 6.07) is -0.275. The second-order valence-corrected chi connectivity index (χ2v) is 6.48. The fourth-order valence-electron chi connectivity index (χ4n) is 2.30. The SMILES string of the molecule is CC(C)[C@H](N)C(=O)NCC(=O)NCC(C)N1CCN(C)CC1. The molecule has 2 amide bonds. The lowest BCUT2D eigenvalue weighted by Crippen LogP contribution is -2.52. The molecule has 0 spiro atoms. The number of carbonyl (C=O) groups excluding carboxylic acids is 2. The van der Waals surface area contributed by atoms with Crippen LogP contribution in [0.4, 0.5) is 0 Å². The van der Waals surface area contributed by atoms with E-state index in [0.717, 1.165) is 26.2 Å². The van der Waals surface area contributed by atoms with Crippen molar-refractivity contribution < 1.29 is 9.59 Å². The van der Waals surface area contributed by atoms with Crippen LogP contribution in [0.5, 0.6) is 0 Å². The van der Waals surface area contributed by atoms with Gasteiger partial charge in [-0.15, -0.1) is 0 Å². The molecule has 7 nitrogen and oxygen atoms in total. The van der Waals surface area contributed by atoms with Gasteiger partial charge in [-0.2, -0.15) is 0 Å². The zero-order valence-electron chi connectivity index (χ0n) is 14.3. The maximum absolute atomic E-state index is 11.8. The summed E-state index contributed by atoms with van der Waals surface area (Å²) in [6.07, 6.45) is 0. The fraction of sp³-hybridized carbons (Fsp3) is 0.867. The zero-order chi connectivity index (χ0) is 16.7. The molecule has 128 valence electrons. The molecule has 22 heavy (non-hydrogen) atoms. The molecule has 0 aromatic carbocycles. The monoisotopic (exact) mass is 313 g/mol. The summed E-state index contributed by atoms with van der Waals surface area (Å²) in [4.78, 5) is 28.1. The largest absolute Gasteiger partial charge is 0.353 e. The van der Waals surface area contributed by atoms with Crippen molar-refractivity contribution in [2.24, 2.45) is 11.7 Å². The van der Waals surface area contributed by atoms with E-state index in [1.807, 2.05) is 13.8 Å². The minimum atomic E-state index is -0.572. The van der Waals surface area contributed by atoms with Crippen LogP contribution in [0.25, 0.3) is 0 Å². The van der Waals surface area contributed by atoms with E-state index in [-0.39, 0.29) is 24.3 Å². The first-order chi connectivity index (χ1) is 10.3. The number of nitrogens with one attached hydrogen (secondary N) is 2. The van der Waals surface area contributed by atoms with Crippen LogP contribution in [0.3, 0.4) is 0 Å². The number of rotatable bonds is 7. The van der Waals surface area contributed by atoms with Crippen molar-refractivity contribution in [1.82, 2.24) is 20.4 Å². The van der Waals surface area contributed by atoms with Gasteiger partial charge in [0.2, 0.25) is 11.8 Å². The smallest absolute Gasteiger partial charge is 0.239 e. The van der Waals surface area contributed by atoms with Gasteiger partial charge < -0.3 is 21.3 Å². The van der Waals surface area contributed by atoms with E-state index in [0.29, 0.717) is 12.6 Å². The van der Waals surface area contributed by atoms with Crippen LogP contribution in [-0.2, 0) is 9.59 Å². The van der Waals surface area contributed by atoms with Crippen LogP contribution in [0, 0.1) is 5.92 Å². The highest BCUT2D eigenvalue weighted by molar-refractivity contribution is 5.87. The predicted octanol–water partition coefficient (Wildman–Crippen LogP) is -1.16. The minimum absolute atomic E-state index is 0.0191. The Morgan fingerprint density at radius 3 is 2.23 bits per heavy atom. The molecule has 1 aliphatic rings. The van der Waals surface area contributed by atoms with E-state index in [1.54, 1.807) is 0 Å². The molecule has 0 aromatic rings. The van der Waals surface area contributed by atoms with E-state index >= 15 is 0 Å². The van der Waals surface area contributed by atoms with E-state index < -0.39 is 6.04 Å². The second kappa shape index (κ2) is 9.07. The number of nitrogens with two attached hydrogens (primary N) is 1. The maximum atomic E-state index is 11.8. The number of carbonyl (C=O) groups is 2. The third-order valence-electron chi connectivity index (χ3n) is 4.20. The Morgan fingerprint density at radius 2 is 1.68 bits per heavy atom. The number of hydrogen-bond donors (Lipinski definition) is 3. The van der Waals surface area contributed by atoms with Crippen LogP contribution in [0.2, 0.25) is 0 Å². The van der Waals surface area contributed by atoms with E-state index in [4.69, 9.17) is 5.73 Å². The topological polar surface area (TPSA) is 90.7 Å². The summed E-state index contributed by atoms with van der Waals surface area (Å²) in [6.45, 7) is 10.6. The van der Waals surface area contributed by atoms with Crippen LogP contribution in [0.1, 0.15) is 20.8 Å². The van der Waals surface area contributed by atoms with Crippen molar-refractivity contribution in [3.8, 4) is 0 Å². The van der Waals surface area contributed by atoms with Crippen molar-refractivity contribution in [2.75, 3.05) is 46.3 Å². The Labute approximate surface area is 133 Å². The Bertz CT molecular complexity index is 367. The Balaban J connectivity index is 2.21. The van der Waals surface area contributed by atoms with Crippen LogP contribution < -0.4 is 16.4 Å². The minimum Gasteiger partial charge on any atom is -0.353 e. The standard InChI is InChI=1S/C15H31N5O2/c1-11(2)14(16)15(22)18-10-13(21)17-9-12(3)20-7-5-19(4)6-8-20/h11-12,14H,5-10,16H2,1-4H3,(H,17,21)(H,18,22)/t12?,14-/m0/s1. The fourth-order valence-corrected chi connectivity index (χ4v) is 2.30. The molecule has 0 saturated carbocycles. The van der Waals surface area contributed by atoms with Gasteiger partial charge in [-0.3, -0.25) is 14.5 Å². The highest BCUT2D eigenvalue weighted by Crippen LogP contribution is 2.03. The van der Waals surface area contributed by atoms with Crippen LogP contribution >= 0.6 is 0 Å². The molecule has 0 aliphatic carbocycles. The van der Waals surface area contributed by atoms with Gasteiger partial charge in [-0.05, 0) is 19.9 Å². The van der Waals surface area contributed by atoms with E-state index in [1.165, 1.54) is 0 Å². The van der Waals surface area contributed by atoms with Gasteiger partial charge >= 0.3 is 0 Å². The predicted molar refractivity (Wildman–Crippen MR) is 87.4 cm³/mol. The summed E-state index contributed by atoms with van der Waals surface area (Å²) in [5.74, 6) is -0.400. The molecule has 7 heteroatoms. The molecule has 1 heterocycles. The molecule has 1 fully saturated rings. The lowest BCUT2D eigenvalue weighted by molar-refractivity contribution is -0.127. The summed E-state index contributed by atoms with van der Waals surface area (Å²) in [7, 11) is 2.12. The first kappa shape index (κ1) is 18.9. The summed E-state index contributed by atoms with van der Waals surface area (Å²) in [5, 5.41) is 5.44. The molecule has 0 bridgehead atoms. The number of piperazine rings is 1. The molecule has 1 aliphatic heterocycles. The molecule has 1 unspecified atom stereocenters. The highest BCUT2D eigenvalue weighted by Gasteiger charge is 2.20. The van der Waals surface area contributed by atoms with Crippen molar-refractivity contribution in [1.29, 1.82) is 0 Å². The molecule has 1 saturated heterocycles. The Kier molecular flexibility index (Phi) is 7.78. The van der Waals surface area contributed by atoms with Crippen molar-refractivity contribution in [2.45, 2.75) is 32.9 Å². The lowest BCUT2D eigenvalue weighted by Gasteiger charge is -2.36. The van der Waals surface area contributed by atoms with Crippen molar-refractivity contribution >= 4 is 11.8 Å². The first-order valence-corrected chi connectivity index (χ1v) is 8.03. The number of nitrogens with zero attached hydrogens (tertiary/aromatic N) is 2. The van der Waals surface area contributed by atoms with E-state index in [9.17, 15) is 9.59 Å². The van der Waals surface area contributed by atoms with Crippen LogP contribution in [0.15, 0.2) is 0 Å². The molecule has 2 atom stereocenters. The third kappa shape index (κ3) is 6.29. The average Bonchev–Trinajstić information content (AvgIpc) is 2.49. The molecular formula is C15H31N5O2. The summed E-state index contributed by atoms with van der Waals surface area (Å²) >= 11 is 0. The summed E-state index contributed by atoms with van der Waals surface area (Å²) < 4.78 is 0. The number of amides is 2. The van der Waals surface area contributed by atoms with Crippen LogP contribution in [-0.4, -0.2) is 80.0 Å². The van der Waals surface area contributed by atoms with Gasteiger partial charge in [0.15, 0.2) is 0 Å². The average molecular weight is 313 g/mol. The number of hydrogen-bond acceptors (Lipinski definition) is 5. The molecule has 4 N–H and O–H groups in total. The van der Waals surface area contributed by atoms with Gasteiger partial charge in [-0.25, -0.2) is 0 Å². The third-order valence-corrected chi connectivity index (χ3v) is 4.20. The highest BCUT2D eigenvalue weighted by atomic mass is 16.2. The normalized spacial score (nSPS) is 19.7. The lowest BCUT2D eigenvalue weighted by atomic mass is 10.1. The van der Waals surface area contributed by atoms with Crippen molar-refractivity contribution in [3.05, 3.63) is 0 Å². The molecule has 1 rings (SSSR count). The quantitative estimate of drug-likeness (QED) is 0.551. The molecule has 0 aromatic heterocycles. The Hall–Kier alpha value is -1.18.